The maximum Gasteiger partial charge on any atom is 0.150 e. The number of nitrogens with one attached hydrogen (secondary N) is 5. The van der Waals surface area contributed by atoms with Gasteiger partial charge in [0.1, 0.15) is 11.6 Å². The topological polar surface area (TPSA) is 184 Å². The van der Waals surface area contributed by atoms with Crippen molar-refractivity contribution in [1.29, 1.82) is 0 Å². The second kappa shape index (κ2) is 39.0. The van der Waals surface area contributed by atoms with Gasteiger partial charge in [0.25, 0.3) is 0 Å². The Labute approximate surface area is 490 Å². The van der Waals surface area contributed by atoms with Gasteiger partial charge in [0.2, 0.25) is 0 Å². The van der Waals surface area contributed by atoms with Crippen LogP contribution in [0.5, 0.6) is 0 Å². The van der Waals surface area contributed by atoms with Crippen LogP contribution in [0.4, 0.5) is 0 Å². The third kappa shape index (κ3) is 52.5. The summed E-state index contributed by atoms with van der Waals surface area (Å²) in [5.41, 5.74) is -0.680. The highest BCUT2D eigenvalue weighted by Crippen LogP contribution is 2.39. The molecule has 476 valence electrons. The summed E-state index contributed by atoms with van der Waals surface area (Å²) in [7, 11) is -3.45. The number of unbranched alkanes of at least 4 members (excludes halogenated alkanes) is 2. The van der Waals surface area contributed by atoms with E-state index in [4.69, 9.17) is 23.3 Å². The predicted octanol–water partition coefficient (Wildman–Crippen LogP) is 12.5. The van der Waals surface area contributed by atoms with Crippen molar-refractivity contribution < 1.29 is 42.8 Å². The van der Waals surface area contributed by atoms with Crippen molar-refractivity contribution in [3.63, 3.8) is 0 Å². The van der Waals surface area contributed by atoms with Crippen LogP contribution < -0.4 is 31.5 Å². The first-order chi connectivity index (χ1) is 35.5. The van der Waals surface area contributed by atoms with Crippen LogP contribution in [0, 0.1) is 28.1 Å². The van der Waals surface area contributed by atoms with Crippen molar-refractivity contribution in [3.8, 4) is 0 Å². The first-order valence-corrected chi connectivity index (χ1v) is 32.3. The van der Waals surface area contributed by atoms with Gasteiger partial charge in [-0.1, -0.05) is 102 Å². The number of Topliss-reactive ketones (excluding diaryl/α,β-unsaturated/α-hetero) is 2. The largest absolute Gasteiger partial charge is 0.789 e. The van der Waals surface area contributed by atoms with Gasteiger partial charge in [0.05, 0.1) is 69.5 Å². The molecule has 0 amide bonds. The lowest BCUT2D eigenvalue weighted by Crippen LogP contribution is -2.48. The Balaban J connectivity index is -0.00000112. The quantitative estimate of drug-likeness (QED) is 0.0255. The molecule has 0 heterocycles. The highest BCUT2D eigenvalue weighted by Gasteiger charge is 2.36. The van der Waals surface area contributed by atoms with E-state index in [2.05, 4.69) is 185 Å². The summed E-state index contributed by atoms with van der Waals surface area (Å²) in [5.74, 6) is 0.821. The molecule has 0 bridgehead atoms. The van der Waals surface area contributed by atoms with Crippen molar-refractivity contribution in [2.45, 2.75) is 316 Å². The minimum absolute atomic E-state index is 0.0370. The van der Waals surface area contributed by atoms with Gasteiger partial charge in [-0.2, -0.15) is 0 Å². The van der Waals surface area contributed by atoms with Gasteiger partial charge in [-0.25, -0.2) is 0 Å². The summed E-state index contributed by atoms with van der Waals surface area (Å²) >= 11 is 0. The Morgan fingerprint density at radius 1 is 0.595 bits per heavy atom. The van der Waals surface area contributed by atoms with E-state index < -0.39 is 13.0 Å². The molecule has 0 spiro atoms. The lowest BCUT2D eigenvalue weighted by molar-refractivity contribution is -0.209. The number of aliphatic hydroxyl groups excluding tert-OH is 1. The fourth-order valence-corrected chi connectivity index (χ4v) is 9.72. The van der Waals surface area contributed by atoms with E-state index >= 15 is 0 Å². The van der Waals surface area contributed by atoms with Crippen molar-refractivity contribution >= 4 is 25.4 Å². The first-order valence-electron chi connectivity index (χ1n) is 30.6. The van der Waals surface area contributed by atoms with Gasteiger partial charge >= 0.3 is 0 Å². The number of ether oxygens (including phenoxy) is 3. The maximum atomic E-state index is 13.3. The number of rotatable bonds is 37. The minimum Gasteiger partial charge on any atom is -0.789 e. The summed E-state index contributed by atoms with van der Waals surface area (Å²) in [6.45, 7) is 62.9. The molecule has 0 aliphatic heterocycles. The molecular formula is C64H135N5O9P-. The normalized spacial score (nSPS) is 15.7. The molecule has 14 nitrogen and oxygen atoms in total. The zero-order valence-electron chi connectivity index (χ0n) is 57.1. The summed E-state index contributed by atoms with van der Waals surface area (Å²) < 4.78 is 29.0. The molecule has 0 aliphatic rings. The van der Waals surface area contributed by atoms with Crippen LogP contribution in [-0.4, -0.2) is 140 Å². The van der Waals surface area contributed by atoms with Gasteiger partial charge in [-0.3, -0.25) is 9.59 Å². The van der Waals surface area contributed by atoms with Gasteiger partial charge in [-0.15, -0.1) is 0 Å². The Bertz CT molecular complexity index is 1590. The summed E-state index contributed by atoms with van der Waals surface area (Å²) in [6, 6.07) is 0.288. The lowest BCUT2D eigenvalue weighted by Gasteiger charge is -2.38. The highest BCUT2D eigenvalue weighted by atomic mass is 31.2. The molecule has 15 heteroatoms. The van der Waals surface area contributed by atoms with Crippen LogP contribution >= 0.6 is 7.57 Å². The SMILES string of the molecule is C=P([O-])(OCC(CO)NC(C)(C)C)OCC(CC(C)(C)C)NC(C)(C)C.CC(C)CC(COC(C)C)(COC(C)C)COC(C)(C)C.CC(C)NCCCC[C@H](NC(C)C)C(=O)CC(CCCCNC(C)(C)C)C(=O)C(C)(C)C. The molecule has 4 unspecified atom stereocenters. The molecule has 0 aliphatic carbocycles. The number of hydrogen-bond acceptors (Lipinski definition) is 14. The predicted molar refractivity (Wildman–Crippen MR) is 338 cm³/mol. The number of ketones is 2. The molecule has 79 heavy (non-hydrogen) atoms. The number of carbonyl (C=O) groups is 2. The molecule has 0 aromatic heterocycles. The van der Waals surface area contributed by atoms with Gasteiger partial charge in [-0.05, 0) is 174 Å². The average Bonchev–Trinajstić information content (AvgIpc) is 3.23. The van der Waals surface area contributed by atoms with E-state index in [1.54, 1.807) is 0 Å². The van der Waals surface area contributed by atoms with Gasteiger partial charge < -0.3 is 59.8 Å². The minimum atomic E-state index is -3.45. The van der Waals surface area contributed by atoms with Crippen molar-refractivity contribution in [2.75, 3.05) is 52.7 Å². The van der Waals surface area contributed by atoms with Crippen LogP contribution in [-0.2, 0) is 32.8 Å². The number of aliphatic hydroxyl groups is 1. The molecule has 0 rings (SSSR count). The third-order valence-electron chi connectivity index (χ3n) is 12.0. The number of hydrogen-bond donors (Lipinski definition) is 6. The molecular weight excluding hydrogens is 1010 g/mol. The van der Waals surface area contributed by atoms with Crippen LogP contribution in [0.1, 0.15) is 252 Å². The Kier molecular flexibility index (Phi) is 40.6. The molecule has 0 radical (unpaired) electrons. The standard InChI is InChI=1S/C27H55N3O2.C19H42N2O4P.C18H38O3/c1-20(2)28-17-13-12-16-23(30-21(3)4)24(31)19-22(25(32)26(5,6)7)15-11-14-18-29-27(8,9)10;1-17(2,3)11-15(20-18(4,5)6)13-24-26(10,23)25-14-16(12-22)21-19(7,8)9;1-14(2)10-18(11-19-15(3)4,12-20-16(5)6)13-21-17(7,8)9/h20-23,28-30H,11-19H2,1-10H3;15-16,20-22H,10-14H2,1-9H3;14-16H,10-13H2,1-9H3/q;-1;/t22?,23-;;/m0../s1. The lowest BCUT2D eigenvalue weighted by atomic mass is 9.78. The molecule has 0 saturated heterocycles. The van der Waals surface area contributed by atoms with Gasteiger partial charge in [0, 0.05) is 65.5 Å². The second-order valence-corrected chi connectivity index (χ2v) is 32.4. The Hall–Kier alpha value is -0.840. The van der Waals surface area contributed by atoms with E-state index in [-0.39, 0.29) is 107 Å². The van der Waals surface area contributed by atoms with Crippen molar-refractivity contribution in [1.82, 2.24) is 26.6 Å². The van der Waals surface area contributed by atoms with Crippen molar-refractivity contribution in [2.24, 2.45) is 28.1 Å². The van der Waals surface area contributed by atoms with Crippen LogP contribution in [0.3, 0.4) is 0 Å². The highest BCUT2D eigenvalue weighted by molar-refractivity contribution is 7.57. The zero-order valence-corrected chi connectivity index (χ0v) is 58.0. The van der Waals surface area contributed by atoms with Crippen LogP contribution in [0.15, 0.2) is 0 Å². The average molecular weight is 1150 g/mol. The molecule has 0 aromatic rings. The molecule has 0 aromatic carbocycles. The summed E-state index contributed by atoms with van der Waals surface area (Å²) in [5, 5.41) is 26.6. The van der Waals surface area contributed by atoms with E-state index in [0.29, 0.717) is 38.2 Å². The Morgan fingerprint density at radius 3 is 1.46 bits per heavy atom. The molecule has 0 fully saturated rings. The van der Waals surface area contributed by atoms with Crippen LogP contribution in [0.25, 0.3) is 0 Å². The smallest absolute Gasteiger partial charge is 0.150 e. The fourth-order valence-electron chi connectivity index (χ4n) is 8.83. The molecule has 6 N–H and O–H groups in total. The van der Waals surface area contributed by atoms with E-state index in [0.717, 1.165) is 64.5 Å². The molecule has 0 saturated carbocycles. The summed E-state index contributed by atoms with van der Waals surface area (Å²) in [6.07, 6.45) is 12.0. The Morgan fingerprint density at radius 2 is 1.06 bits per heavy atom. The monoisotopic (exact) mass is 1150 g/mol. The third-order valence-corrected chi connectivity index (χ3v) is 13.1. The van der Waals surface area contributed by atoms with E-state index in [1.807, 2.05) is 41.5 Å². The summed E-state index contributed by atoms with van der Waals surface area (Å²) in [4.78, 5) is 38.9. The zero-order chi connectivity index (χ0) is 62.4. The first kappa shape index (κ1) is 82.4. The molecule has 5 atom stereocenters. The number of carbonyl (C=O) groups excluding carboxylic acids is 2. The maximum absolute atomic E-state index is 13.3. The van der Waals surface area contributed by atoms with E-state index in [1.165, 1.54) is 0 Å². The second-order valence-electron chi connectivity index (χ2n) is 30.7. The van der Waals surface area contributed by atoms with Gasteiger partial charge in [0.15, 0.2) is 0 Å². The fraction of sp³-hybridized carbons (Fsp3) is 0.953. The van der Waals surface area contributed by atoms with Crippen LogP contribution in [0.2, 0.25) is 0 Å². The van der Waals surface area contributed by atoms with E-state index in [9.17, 15) is 19.6 Å². The van der Waals surface area contributed by atoms with Crippen molar-refractivity contribution in [3.05, 3.63) is 0 Å².